The Balaban J connectivity index is 1.60. The second kappa shape index (κ2) is 8.20. The van der Waals surface area contributed by atoms with Crippen LogP contribution in [-0.4, -0.2) is 20.3 Å². The maximum Gasteiger partial charge on any atom is 0.120 e. The molecule has 1 N–H and O–H groups in total. The van der Waals surface area contributed by atoms with Crippen LogP contribution in [0.5, 0.6) is 11.5 Å². The minimum absolute atomic E-state index is 0.753. The molecule has 0 spiro atoms. The van der Waals surface area contributed by atoms with Gasteiger partial charge in [-0.1, -0.05) is 23.8 Å². The number of unbranched alkanes of at least 4 members (excludes halogenated alkanes) is 1. The van der Waals surface area contributed by atoms with Crippen LogP contribution in [0.2, 0.25) is 0 Å². The average molecular weight is 285 g/mol. The zero-order chi connectivity index (χ0) is 14.9. The second-order valence-corrected chi connectivity index (χ2v) is 5.03. The van der Waals surface area contributed by atoms with Gasteiger partial charge >= 0.3 is 0 Å². The largest absolute Gasteiger partial charge is 0.497 e. The molecule has 0 fully saturated rings. The molecule has 0 aliphatic carbocycles. The van der Waals surface area contributed by atoms with E-state index in [4.69, 9.17) is 9.47 Å². The van der Waals surface area contributed by atoms with Gasteiger partial charge in [0.25, 0.3) is 0 Å². The van der Waals surface area contributed by atoms with Gasteiger partial charge in [0.2, 0.25) is 0 Å². The van der Waals surface area contributed by atoms with Crippen LogP contribution in [0.15, 0.2) is 48.5 Å². The lowest BCUT2D eigenvalue weighted by Gasteiger charge is -2.09. The van der Waals surface area contributed by atoms with E-state index in [1.807, 2.05) is 36.4 Å². The molecule has 0 amide bonds. The molecule has 0 unspecified atom stereocenters. The average Bonchev–Trinajstić information content (AvgIpc) is 2.52. The summed E-state index contributed by atoms with van der Waals surface area (Å²) in [5, 5.41) is 3.39. The summed E-state index contributed by atoms with van der Waals surface area (Å²) in [6, 6.07) is 16.2. The summed E-state index contributed by atoms with van der Waals surface area (Å²) in [7, 11) is 1.68. The Morgan fingerprint density at radius 2 is 1.76 bits per heavy atom. The first kappa shape index (κ1) is 15.2. The number of benzene rings is 2. The molecule has 0 saturated carbocycles. The van der Waals surface area contributed by atoms with Crippen molar-refractivity contribution in [2.75, 3.05) is 25.6 Å². The molecule has 0 aliphatic heterocycles. The normalized spacial score (nSPS) is 10.2. The van der Waals surface area contributed by atoms with Gasteiger partial charge in [-0.25, -0.2) is 0 Å². The summed E-state index contributed by atoms with van der Waals surface area (Å²) in [5.41, 5.74) is 2.35. The van der Waals surface area contributed by atoms with Crippen LogP contribution in [-0.2, 0) is 0 Å². The van der Waals surface area contributed by atoms with Crippen molar-refractivity contribution in [3.63, 3.8) is 0 Å². The Morgan fingerprint density at radius 1 is 0.952 bits per heavy atom. The minimum Gasteiger partial charge on any atom is -0.497 e. The van der Waals surface area contributed by atoms with Crippen molar-refractivity contribution in [2.45, 2.75) is 19.8 Å². The lowest BCUT2D eigenvalue weighted by atomic mass is 10.2. The van der Waals surface area contributed by atoms with Gasteiger partial charge in [0, 0.05) is 18.3 Å². The van der Waals surface area contributed by atoms with Crippen LogP contribution < -0.4 is 14.8 Å². The Morgan fingerprint density at radius 3 is 2.52 bits per heavy atom. The Hall–Kier alpha value is -2.16. The number of methoxy groups -OCH3 is 1. The highest BCUT2D eigenvalue weighted by atomic mass is 16.5. The van der Waals surface area contributed by atoms with Gasteiger partial charge in [0.1, 0.15) is 11.5 Å². The van der Waals surface area contributed by atoms with E-state index in [9.17, 15) is 0 Å². The summed E-state index contributed by atoms with van der Waals surface area (Å²) in [6.07, 6.45) is 2.11. The van der Waals surface area contributed by atoms with Gasteiger partial charge in [-0.05, 0) is 44.0 Å². The van der Waals surface area contributed by atoms with Crippen LogP contribution in [0.25, 0.3) is 0 Å². The highest BCUT2D eigenvalue weighted by Crippen LogP contribution is 2.16. The van der Waals surface area contributed by atoms with Gasteiger partial charge in [-0.3, -0.25) is 0 Å². The van der Waals surface area contributed by atoms with Crippen LogP contribution in [0, 0.1) is 6.92 Å². The maximum atomic E-state index is 5.70. The molecular weight excluding hydrogens is 262 g/mol. The number of hydrogen-bond donors (Lipinski definition) is 1. The van der Waals surface area contributed by atoms with Crippen molar-refractivity contribution in [1.82, 2.24) is 0 Å². The first-order valence-electron chi connectivity index (χ1n) is 7.35. The highest BCUT2D eigenvalue weighted by molar-refractivity contribution is 5.47. The number of hydrogen-bond acceptors (Lipinski definition) is 3. The molecule has 0 bridgehead atoms. The predicted molar refractivity (Wildman–Crippen MR) is 87.4 cm³/mol. The summed E-state index contributed by atoms with van der Waals surface area (Å²) in [5.74, 6) is 1.82. The van der Waals surface area contributed by atoms with Crippen molar-refractivity contribution in [2.24, 2.45) is 0 Å². The fourth-order valence-corrected chi connectivity index (χ4v) is 2.02. The van der Waals surface area contributed by atoms with Gasteiger partial charge in [0.05, 0.1) is 13.7 Å². The molecule has 3 heteroatoms. The number of rotatable bonds is 8. The fraction of sp³-hybridized carbons (Fsp3) is 0.333. The molecule has 0 saturated heterocycles. The smallest absolute Gasteiger partial charge is 0.120 e. The van der Waals surface area contributed by atoms with Crippen molar-refractivity contribution in [3.8, 4) is 11.5 Å². The van der Waals surface area contributed by atoms with Crippen molar-refractivity contribution in [1.29, 1.82) is 0 Å². The lowest BCUT2D eigenvalue weighted by Crippen LogP contribution is -2.04. The molecule has 2 rings (SSSR count). The minimum atomic E-state index is 0.753. The molecule has 3 nitrogen and oxygen atoms in total. The number of aryl methyl sites for hydroxylation is 1. The molecule has 0 radical (unpaired) electrons. The third-order valence-electron chi connectivity index (χ3n) is 3.26. The van der Waals surface area contributed by atoms with Crippen molar-refractivity contribution < 1.29 is 9.47 Å². The van der Waals surface area contributed by atoms with E-state index in [0.717, 1.165) is 43.2 Å². The molecule has 21 heavy (non-hydrogen) atoms. The highest BCUT2D eigenvalue weighted by Gasteiger charge is 1.96. The quantitative estimate of drug-likeness (QED) is 0.735. The molecule has 0 aliphatic rings. The van der Waals surface area contributed by atoms with Crippen LogP contribution in [0.3, 0.4) is 0 Å². The van der Waals surface area contributed by atoms with E-state index in [0.29, 0.717) is 0 Å². The number of nitrogens with one attached hydrogen (secondary N) is 1. The molecular formula is C18H23NO2. The van der Waals surface area contributed by atoms with Crippen molar-refractivity contribution >= 4 is 5.69 Å². The fourth-order valence-electron chi connectivity index (χ4n) is 2.02. The molecule has 2 aromatic rings. The van der Waals surface area contributed by atoms with Crippen molar-refractivity contribution in [3.05, 3.63) is 54.1 Å². The topological polar surface area (TPSA) is 30.5 Å². The number of anilines is 1. The van der Waals surface area contributed by atoms with Gasteiger partial charge in [0.15, 0.2) is 0 Å². The van der Waals surface area contributed by atoms with Crippen LogP contribution >= 0.6 is 0 Å². The Labute approximate surface area is 126 Å². The maximum absolute atomic E-state index is 5.70. The Bertz CT molecular complexity index is 537. The molecule has 0 atom stereocenters. The first-order chi connectivity index (χ1) is 10.3. The van der Waals surface area contributed by atoms with E-state index < -0.39 is 0 Å². The third-order valence-corrected chi connectivity index (χ3v) is 3.26. The SMILES string of the molecule is COc1cccc(NCCCCOc2ccc(C)cc2)c1. The monoisotopic (exact) mass is 285 g/mol. The van der Waals surface area contributed by atoms with E-state index in [1.54, 1.807) is 7.11 Å². The molecule has 0 heterocycles. The molecule has 2 aromatic carbocycles. The van der Waals surface area contributed by atoms with E-state index in [2.05, 4.69) is 24.4 Å². The zero-order valence-corrected chi connectivity index (χ0v) is 12.8. The number of ether oxygens (including phenoxy) is 2. The summed E-state index contributed by atoms with van der Waals surface area (Å²) in [6.45, 7) is 3.77. The summed E-state index contributed by atoms with van der Waals surface area (Å²) in [4.78, 5) is 0. The summed E-state index contributed by atoms with van der Waals surface area (Å²) >= 11 is 0. The molecule has 112 valence electrons. The third kappa shape index (κ3) is 5.38. The zero-order valence-electron chi connectivity index (χ0n) is 12.8. The lowest BCUT2D eigenvalue weighted by molar-refractivity contribution is 0.308. The second-order valence-electron chi connectivity index (χ2n) is 5.03. The van der Waals surface area contributed by atoms with E-state index in [-0.39, 0.29) is 0 Å². The van der Waals surface area contributed by atoms with Gasteiger partial charge in [-0.15, -0.1) is 0 Å². The van der Waals surface area contributed by atoms with Crippen LogP contribution in [0.1, 0.15) is 18.4 Å². The van der Waals surface area contributed by atoms with E-state index in [1.165, 1.54) is 5.56 Å². The van der Waals surface area contributed by atoms with Gasteiger partial charge in [-0.2, -0.15) is 0 Å². The summed E-state index contributed by atoms with van der Waals surface area (Å²) < 4.78 is 10.9. The standard InChI is InChI=1S/C18H23NO2/c1-15-8-10-17(11-9-15)21-13-4-3-12-19-16-6-5-7-18(14-16)20-2/h5-11,14,19H,3-4,12-13H2,1-2H3. The van der Waals surface area contributed by atoms with Crippen LogP contribution in [0.4, 0.5) is 5.69 Å². The predicted octanol–water partition coefficient (Wildman–Crippen LogP) is 4.27. The van der Waals surface area contributed by atoms with E-state index >= 15 is 0 Å². The molecule has 0 aromatic heterocycles. The first-order valence-corrected chi connectivity index (χ1v) is 7.35. The van der Waals surface area contributed by atoms with Gasteiger partial charge < -0.3 is 14.8 Å². The Kier molecular flexibility index (Phi) is 5.95.